The molecule has 5 saturated carbocycles. The van der Waals surface area contributed by atoms with Crippen molar-refractivity contribution in [1.29, 1.82) is 5.41 Å². The van der Waals surface area contributed by atoms with E-state index in [0.717, 1.165) is 91.7 Å². The number of benzene rings is 2. The standard InChI is InChI=1S/C52H71N5O2/c1-35-21-36(2)44(49(59)22-35)15-16-48(58)45-23-42(24-47(46(45)29-53)55-43-9-7-8-10-43)41-13-11-39(12-14-41)30-56-17-19-57(20-18-56)34-54-38(4)37(3)25-52-28-40-26-50(5,32-52)31-51(6,27-40)33-52/h11-14,21,23-24,29,37,40,43,53-55H,4,7-10,15-20,22,25-28,30-34H2,1-3,5-6H3. The van der Waals surface area contributed by atoms with E-state index in [2.05, 4.69) is 84.2 Å². The quantitative estimate of drug-likeness (QED) is 0.116. The van der Waals surface area contributed by atoms with Crippen molar-refractivity contribution in [2.75, 3.05) is 38.2 Å². The fourth-order valence-corrected chi connectivity index (χ4v) is 13.7. The van der Waals surface area contributed by atoms with Crippen LogP contribution in [0.25, 0.3) is 11.1 Å². The van der Waals surface area contributed by atoms with Crippen molar-refractivity contribution in [1.82, 2.24) is 15.1 Å². The lowest BCUT2D eigenvalue weighted by molar-refractivity contribution is -0.150. The molecule has 9 rings (SSSR count). The Hall–Kier alpha value is -3.81. The molecule has 316 valence electrons. The number of rotatable bonds is 16. The van der Waals surface area contributed by atoms with Gasteiger partial charge in [0.25, 0.3) is 0 Å². The Labute approximate surface area is 355 Å². The van der Waals surface area contributed by atoms with E-state index in [1.807, 2.05) is 19.9 Å². The highest BCUT2D eigenvalue weighted by Gasteiger charge is 2.60. The number of carbonyl (C=O) groups excluding carboxylic acids is 2. The van der Waals surface area contributed by atoms with Gasteiger partial charge in [-0.15, -0.1) is 0 Å². The molecule has 6 fully saturated rings. The van der Waals surface area contributed by atoms with Crippen molar-refractivity contribution in [2.24, 2.45) is 28.1 Å². The summed E-state index contributed by atoms with van der Waals surface area (Å²) in [4.78, 5) is 31.9. The third-order valence-electron chi connectivity index (χ3n) is 15.4. The lowest BCUT2D eigenvalue weighted by atomic mass is 9.39. The number of Topliss-reactive ketones (excluding diaryl/α,β-unsaturated/α-hetero) is 2. The molecular weight excluding hydrogens is 727 g/mol. The maximum absolute atomic E-state index is 14.0. The molecule has 3 atom stereocenters. The molecule has 0 amide bonds. The van der Waals surface area contributed by atoms with Gasteiger partial charge in [0, 0.05) is 80.3 Å². The molecule has 6 aliphatic carbocycles. The summed E-state index contributed by atoms with van der Waals surface area (Å²) < 4.78 is 0. The second-order valence-corrected chi connectivity index (χ2v) is 21.1. The molecule has 3 N–H and O–H groups in total. The summed E-state index contributed by atoms with van der Waals surface area (Å²) in [5, 5.41) is 15.9. The minimum Gasteiger partial charge on any atom is -0.382 e. The number of nitrogens with one attached hydrogen (secondary N) is 3. The number of ketones is 2. The van der Waals surface area contributed by atoms with Gasteiger partial charge in [-0.2, -0.15) is 0 Å². The van der Waals surface area contributed by atoms with Crippen LogP contribution in [0, 0.1) is 33.5 Å². The molecule has 0 aromatic heterocycles. The molecule has 1 aliphatic heterocycles. The predicted molar refractivity (Wildman–Crippen MR) is 243 cm³/mol. The minimum absolute atomic E-state index is 0.0228. The van der Waals surface area contributed by atoms with Gasteiger partial charge < -0.3 is 16.0 Å². The van der Waals surface area contributed by atoms with Crippen LogP contribution in [0.2, 0.25) is 0 Å². The average molecular weight is 798 g/mol. The number of hydrogen-bond acceptors (Lipinski definition) is 7. The highest BCUT2D eigenvalue weighted by Crippen LogP contribution is 2.71. The van der Waals surface area contributed by atoms with E-state index >= 15 is 0 Å². The first kappa shape index (κ1) is 41.9. The maximum Gasteiger partial charge on any atom is 0.163 e. The van der Waals surface area contributed by atoms with E-state index in [4.69, 9.17) is 5.41 Å². The van der Waals surface area contributed by atoms with Gasteiger partial charge in [0.2, 0.25) is 0 Å². The van der Waals surface area contributed by atoms with Crippen LogP contribution < -0.4 is 10.6 Å². The molecule has 7 nitrogen and oxygen atoms in total. The van der Waals surface area contributed by atoms with Crippen LogP contribution in [0.4, 0.5) is 5.69 Å². The van der Waals surface area contributed by atoms with Crippen molar-refractivity contribution < 1.29 is 9.59 Å². The highest BCUT2D eigenvalue weighted by atomic mass is 16.1. The van der Waals surface area contributed by atoms with Gasteiger partial charge >= 0.3 is 0 Å². The van der Waals surface area contributed by atoms with E-state index in [1.165, 1.54) is 75.3 Å². The number of hydrogen-bond donors (Lipinski definition) is 3. The fraction of sp³-hybridized carbons (Fsp3) is 0.596. The third kappa shape index (κ3) is 9.42. The summed E-state index contributed by atoms with van der Waals surface area (Å²) in [6.45, 7) is 22.1. The zero-order valence-electron chi connectivity index (χ0n) is 36.9. The molecule has 0 radical (unpaired) electrons. The Morgan fingerprint density at radius 1 is 0.949 bits per heavy atom. The van der Waals surface area contributed by atoms with Crippen LogP contribution in [0.5, 0.6) is 0 Å². The fourth-order valence-electron chi connectivity index (χ4n) is 13.7. The predicted octanol–water partition coefficient (Wildman–Crippen LogP) is 11.1. The Balaban J connectivity index is 0.861. The number of carbonyl (C=O) groups is 2. The largest absolute Gasteiger partial charge is 0.382 e. The highest BCUT2D eigenvalue weighted by molar-refractivity contribution is 6.08. The molecule has 0 spiro atoms. The van der Waals surface area contributed by atoms with Crippen molar-refractivity contribution in [3.8, 4) is 11.1 Å². The van der Waals surface area contributed by atoms with Gasteiger partial charge in [0.05, 0.1) is 6.67 Å². The molecule has 2 aromatic carbocycles. The molecule has 59 heavy (non-hydrogen) atoms. The van der Waals surface area contributed by atoms with Crippen molar-refractivity contribution in [2.45, 2.75) is 137 Å². The lowest BCUT2D eigenvalue weighted by Crippen LogP contribution is -2.55. The first-order valence-electron chi connectivity index (χ1n) is 23.1. The van der Waals surface area contributed by atoms with E-state index in [1.54, 1.807) is 0 Å². The van der Waals surface area contributed by atoms with Gasteiger partial charge in [-0.3, -0.25) is 19.4 Å². The Morgan fingerprint density at radius 2 is 1.63 bits per heavy atom. The van der Waals surface area contributed by atoms with Crippen LogP contribution in [0.3, 0.4) is 0 Å². The van der Waals surface area contributed by atoms with Gasteiger partial charge in [0.15, 0.2) is 11.6 Å². The van der Waals surface area contributed by atoms with Crippen LogP contribution in [-0.4, -0.2) is 66.5 Å². The second kappa shape index (κ2) is 16.9. The summed E-state index contributed by atoms with van der Waals surface area (Å²) in [5.41, 5.74) is 11.1. The van der Waals surface area contributed by atoms with E-state index in [9.17, 15) is 9.59 Å². The second-order valence-electron chi connectivity index (χ2n) is 21.1. The van der Waals surface area contributed by atoms with Crippen LogP contribution >= 0.6 is 0 Å². The minimum atomic E-state index is -0.0228. The van der Waals surface area contributed by atoms with Gasteiger partial charge in [-0.1, -0.05) is 76.1 Å². The monoisotopic (exact) mass is 798 g/mol. The Kier molecular flexibility index (Phi) is 12.0. The molecule has 3 unspecified atom stereocenters. The van der Waals surface area contributed by atoms with E-state index in [-0.39, 0.29) is 18.0 Å². The molecule has 1 heterocycles. The number of nitrogens with zero attached hydrogens (tertiary/aromatic N) is 2. The Bertz CT molecular complexity index is 1990. The maximum atomic E-state index is 14.0. The molecule has 7 heteroatoms. The topological polar surface area (TPSA) is 88.5 Å². The smallest absolute Gasteiger partial charge is 0.163 e. The van der Waals surface area contributed by atoms with Crippen molar-refractivity contribution >= 4 is 23.5 Å². The molecular formula is C52H71N5O2. The van der Waals surface area contributed by atoms with E-state index < -0.39 is 0 Å². The average Bonchev–Trinajstić information content (AvgIpc) is 3.68. The van der Waals surface area contributed by atoms with Crippen LogP contribution in [0.1, 0.15) is 146 Å². The summed E-state index contributed by atoms with van der Waals surface area (Å²) in [6.07, 6.45) is 19.0. The lowest BCUT2D eigenvalue weighted by Gasteiger charge is -2.66. The summed E-state index contributed by atoms with van der Waals surface area (Å²) >= 11 is 0. The summed E-state index contributed by atoms with van der Waals surface area (Å²) in [7, 11) is 0. The van der Waals surface area contributed by atoms with Crippen molar-refractivity contribution in [3.05, 3.63) is 88.2 Å². The summed E-state index contributed by atoms with van der Waals surface area (Å²) in [5.74, 6) is 1.54. The number of anilines is 1. The first-order valence-corrected chi connectivity index (χ1v) is 23.1. The van der Waals surface area contributed by atoms with Crippen LogP contribution in [0.15, 0.2) is 71.5 Å². The van der Waals surface area contributed by atoms with Gasteiger partial charge in [-0.05, 0) is 146 Å². The van der Waals surface area contributed by atoms with Crippen molar-refractivity contribution in [3.63, 3.8) is 0 Å². The Morgan fingerprint density at radius 3 is 2.27 bits per heavy atom. The molecule has 1 saturated heterocycles. The first-order chi connectivity index (χ1) is 28.2. The molecule has 7 aliphatic rings. The van der Waals surface area contributed by atoms with Gasteiger partial charge in [0.1, 0.15) is 0 Å². The number of piperazine rings is 1. The molecule has 2 aromatic rings. The third-order valence-corrected chi connectivity index (χ3v) is 15.4. The van der Waals surface area contributed by atoms with E-state index in [0.29, 0.717) is 52.2 Å². The van der Waals surface area contributed by atoms with Gasteiger partial charge in [-0.25, -0.2) is 0 Å². The zero-order valence-corrected chi connectivity index (χ0v) is 36.9. The SMILES string of the molecule is C=C(NCN1CCN(Cc2ccc(-c3cc(NC4CCCC4)c(C=N)c(C(=O)CCC4=C(C)C=C(C)CC4=O)c3)cc2)CC1)C(C)CC12CC3CC(C)(CC(C)(C3)C1)C2. The number of allylic oxidation sites excluding steroid dienone is 5. The van der Waals surface area contributed by atoms with Crippen LogP contribution in [-0.2, 0) is 11.3 Å². The normalized spacial score (nSPS) is 29.1. The summed E-state index contributed by atoms with van der Waals surface area (Å²) in [6, 6.07) is 13.3. The zero-order chi connectivity index (χ0) is 41.5. The molecule has 4 bridgehead atoms.